The Balaban J connectivity index is 1.19. The first-order valence-corrected chi connectivity index (χ1v) is 15.3. The molecule has 2 aromatic heterocycles. The lowest BCUT2D eigenvalue weighted by atomic mass is 9.95. The van der Waals surface area contributed by atoms with Crippen LogP contribution in [0, 0.1) is 0 Å². The molecule has 2 heterocycles. The fraction of sp³-hybridized carbons (Fsp3) is 0. The number of rotatable bonds is 4. The van der Waals surface area contributed by atoms with Gasteiger partial charge in [0.25, 0.3) is 0 Å². The van der Waals surface area contributed by atoms with E-state index in [2.05, 4.69) is 144 Å². The molecule has 0 atom stereocenters. The van der Waals surface area contributed by atoms with Crippen LogP contribution in [0.25, 0.3) is 82.9 Å². The minimum Gasteiger partial charge on any atom is -0.309 e. The molecule has 0 saturated carbocycles. The van der Waals surface area contributed by atoms with Crippen LogP contribution in [0.5, 0.6) is 0 Å². The average molecular weight is 574 g/mol. The first-order chi connectivity index (χ1) is 22.3. The maximum absolute atomic E-state index is 5.07. The van der Waals surface area contributed by atoms with Crippen molar-refractivity contribution in [2.24, 2.45) is 0 Å². The van der Waals surface area contributed by atoms with Crippen LogP contribution < -0.4 is 0 Å². The lowest BCUT2D eigenvalue weighted by Gasteiger charge is -2.15. The van der Waals surface area contributed by atoms with Crippen molar-refractivity contribution < 1.29 is 0 Å². The summed E-state index contributed by atoms with van der Waals surface area (Å²) >= 11 is 0. The van der Waals surface area contributed by atoms with Crippen LogP contribution in [-0.4, -0.2) is 14.5 Å². The summed E-state index contributed by atoms with van der Waals surface area (Å²) in [5.41, 5.74) is 9.96. The number of benzene rings is 7. The molecule has 0 unspecified atom stereocenters. The second kappa shape index (κ2) is 10.3. The number of aromatic nitrogens is 3. The number of hydrogen-bond donors (Lipinski definition) is 0. The van der Waals surface area contributed by atoms with Gasteiger partial charge in [0, 0.05) is 32.7 Å². The Morgan fingerprint density at radius 1 is 0.356 bits per heavy atom. The van der Waals surface area contributed by atoms with Gasteiger partial charge in [-0.2, -0.15) is 0 Å². The molecule has 9 aromatic rings. The summed E-state index contributed by atoms with van der Waals surface area (Å²) in [5, 5.41) is 6.03. The predicted octanol–water partition coefficient (Wildman–Crippen LogP) is 10.9. The molecule has 0 spiro atoms. The second-order valence-electron chi connectivity index (χ2n) is 11.4. The summed E-state index contributed by atoms with van der Waals surface area (Å²) < 4.78 is 2.41. The predicted molar refractivity (Wildman–Crippen MR) is 188 cm³/mol. The molecule has 0 saturated heterocycles. The summed E-state index contributed by atoms with van der Waals surface area (Å²) in [6.45, 7) is 0. The van der Waals surface area contributed by atoms with Crippen LogP contribution in [0.3, 0.4) is 0 Å². The zero-order chi connectivity index (χ0) is 29.7. The zero-order valence-corrected chi connectivity index (χ0v) is 24.4. The molecule has 210 valence electrons. The smallest absolute Gasteiger partial charge is 0.160 e. The van der Waals surface area contributed by atoms with Crippen molar-refractivity contribution in [2.75, 3.05) is 0 Å². The van der Waals surface area contributed by atoms with Crippen molar-refractivity contribution >= 4 is 43.5 Å². The van der Waals surface area contributed by atoms with E-state index in [0.29, 0.717) is 0 Å². The molecule has 0 aliphatic carbocycles. The van der Waals surface area contributed by atoms with Gasteiger partial charge < -0.3 is 4.57 Å². The van der Waals surface area contributed by atoms with Gasteiger partial charge in [0.15, 0.2) is 5.82 Å². The molecule has 0 aliphatic heterocycles. The highest BCUT2D eigenvalue weighted by Crippen LogP contribution is 2.38. The van der Waals surface area contributed by atoms with Gasteiger partial charge in [-0.15, -0.1) is 0 Å². The number of fused-ring (bicyclic) bond motifs is 5. The van der Waals surface area contributed by atoms with E-state index >= 15 is 0 Å². The average Bonchev–Trinajstić information content (AvgIpc) is 3.45. The molecule has 3 heteroatoms. The van der Waals surface area contributed by atoms with Crippen molar-refractivity contribution in [2.45, 2.75) is 0 Å². The highest BCUT2D eigenvalue weighted by molar-refractivity contribution is 6.11. The molecule has 0 amide bonds. The van der Waals surface area contributed by atoms with Crippen LogP contribution in [0.1, 0.15) is 0 Å². The Hall–Kier alpha value is -6.06. The molecule has 0 N–H and O–H groups in total. The number of nitrogens with zero attached hydrogens (tertiary/aromatic N) is 3. The molecule has 0 radical (unpaired) electrons. The van der Waals surface area contributed by atoms with Gasteiger partial charge in [-0.05, 0) is 40.8 Å². The summed E-state index contributed by atoms with van der Waals surface area (Å²) in [4.78, 5) is 9.95. The third kappa shape index (κ3) is 4.13. The van der Waals surface area contributed by atoms with E-state index in [0.717, 1.165) is 33.5 Å². The van der Waals surface area contributed by atoms with Crippen molar-refractivity contribution in [3.8, 4) is 39.5 Å². The fourth-order valence-electron chi connectivity index (χ4n) is 6.73. The van der Waals surface area contributed by atoms with Crippen LogP contribution in [0.2, 0.25) is 0 Å². The molecular weight excluding hydrogens is 546 g/mol. The van der Waals surface area contributed by atoms with Gasteiger partial charge in [-0.25, -0.2) is 9.97 Å². The number of para-hydroxylation sites is 3. The Morgan fingerprint density at radius 3 is 1.62 bits per heavy atom. The fourth-order valence-corrected chi connectivity index (χ4v) is 6.73. The van der Waals surface area contributed by atoms with E-state index in [1.165, 1.54) is 49.4 Å². The normalized spacial score (nSPS) is 11.6. The highest BCUT2D eigenvalue weighted by atomic mass is 15.0. The zero-order valence-electron chi connectivity index (χ0n) is 24.4. The van der Waals surface area contributed by atoms with Gasteiger partial charge in [-0.1, -0.05) is 140 Å². The summed E-state index contributed by atoms with van der Waals surface area (Å²) in [6.07, 6.45) is 0. The van der Waals surface area contributed by atoms with Crippen molar-refractivity contribution in [3.05, 3.63) is 164 Å². The molecule has 0 bridgehead atoms. The molecule has 0 aliphatic rings. The summed E-state index contributed by atoms with van der Waals surface area (Å²) in [5.74, 6) is 0.736. The van der Waals surface area contributed by atoms with E-state index in [4.69, 9.17) is 9.97 Å². The second-order valence-corrected chi connectivity index (χ2v) is 11.4. The molecule has 45 heavy (non-hydrogen) atoms. The van der Waals surface area contributed by atoms with Crippen LogP contribution in [0.4, 0.5) is 0 Å². The van der Waals surface area contributed by atoms with Gasteiger partial charge in [0.05, 0.1) is 27.9 Å². The van der Waals surface area contributed by atoms with Gasteiger partial charge in [0.2, 0.25) is 0 Å². The quantitative estimate of drug-likeness (QED) is 0.210. The minimum atomic E-state index is 0.736. The first kappa shape index (κ1) is 25.4. The molecule has 3 nitrogen and oxygen atoms in total. The third-order valence-corrected chi connectivity index (χ3v) is 8.83. The Labute approximate surface area is 260 Å². The lowest BCUT2D eigenvalue weighted by molar-refractivity contribution is 1.20. The molecule has 0 fully saturated rings. The van der Waals surface area contributed by atoms with Gasteiger partial charge >= 0.3 is 0 Å². The maximum Gasteiger partial charge on any atom is 0.160 e. The summed E-state index contributed by atoms with van der Waals surface area (Å²) in [7, 11) is 0. The minimum absolute atomic E-state index is 0.736. The van der Waals surface area contributed by atoms with Crippen LogP contribution in [-0.2, 0) is 0 Å². The molecule has 9 rings (SSSR count). The van der Waals surface area contributed by atoms with Crippen molar-refractivity contribution in [1.29, 1.82) is 0 Å². The monoisotopic (exact) mass is 573 g/mol. The number of hydrogen-bond acceptors (Lipinski definition) is 2. The van der Waals surface area contributed by atoms with E-state index in [1.54, 1.807) is 0 Å². The van der Waals surface area contributed by atoms with Crippen LogP contribution >= 0.6 is 0 Å². The van der Waals surface area contributed by atoms with E-state index in [1.807, 2.05) is 24.3 Å². The summed E-state index contributed by atoms with van der Waals surface area (Å²) in [6, 6.07) is 57.9. The lowest BCUT2D eigenvalue weighted by Crippen LogP contribution is -1.96. The van der Waals surface area contributed by atoms with E-state index in [-0.39, 0.29) is 0 Å². The SMILES string of the molecule is c1ccc(-c2nc(-c3ccc(-c4ccc(-n5c6ccccc6c6ccccc65)c5ccccc45)cc3)c3ccccc3n2)cc1. The third-order valence-electron chi connectivity index (χ3n) is 8.83. The maximum atomic E-state index is 5.07. The first-order valence-electron chi connectivity index (χ1n) is 15.3. The van der Waals surface area contributed by atoms with Crippen LogP contribution in [0.15, 0.2) is 164 Å². The molecule has 7 aromatic carbocycles. The van der Waals surface area contributed by atoms with Gasteiger partial charge in [-0.3, -0.25) is 0 Å². The Morgan fingerprint density at radius 2 is 0.911 bits per heavy atom. The largest absolute Gasteiger partial charge is 0.309 e. The standard InChI is InChI=1S/C42H27N3/c1-2-12-30(13-3-1)42-43-37-19-9-6-18-36(37)41(44-42)29-24-22-28(23-25-29)31-26-27-40(33-15-5-4-14-32(31)33)45-38-20-10-7-16-34(38)35-17-8-11-21-39(35)45/h1-27H. The van der Waals surface area contributed by atoms with Crippen molar-refractivity contribution in [1.82, 2.24) is 14.5 Å². The topological polar surface area (TPSA) is 30.7 Å². The Bertz CT molecular complexity index is 2470. The molecular formula is C42H27N3. The Kier molecular flexibility index (Phi) is 5.82. The van der Waals surface area contributed by atoms with E-state index in [9.17, 15) is 0 Å². The van der Waals surface area contributed by atoms with Gasteiger partial charge in [0.1, 0.15) is 0 Å². The highest BCUT2D eigenvalue weighted by Gasteiger charge is 2.16. The van der Waals surface area contributed by atoms with E-state index < -0.39 is 0 Å². The van der Waals surface area contributed by atoms with Crippen molar-refractivity contribution in [3.63, 3.8) is 0 Å².